The van der Waals surface area contributed by atoms with Crippen LogP contribution in [0.15, 0.2) is 36.4 Å². The van der Waals surface area contributed by atoms with Crippen LogP contribution in [0.3, 0.4) is 0 Å². The Morgan fingerprint density at radius 2 is 1.78 bits per heavy atom. The molecule has 0 saturated carbocycles. The summed E-state index contributed by atoms with van der Waals surface area (Å²) in [5, 5.41) is 3.79. The molecular weight excluding hydrogens is 387 g/mol. The quantitative estimate of drug-likeness (QED) is 0.640. The predicted octanol–water partition coefficient (Wildman–Crippen LogP) is 4.86. The fourth-order valence-corrected chi connectivity index (χ4v) is 3.18. The van der Waals surface area contributed by atoms with Gasteiger partial charge in [-0.1, -0.05) is 36.2 Å². The van der Waals surface area contributed by atoms with Crippen LogP contribution in [0.25, 0.3) is 0 Å². The molecule has 0 aromatic heterocycles. The van der Waals surface area contributed by atoms with E-state index in [1.165, 1.54) is 0 Å². The Morgan fingerprint density at radius 1 is 1.07 bits per heavy atom. The molecule has 0 atom stereocenters. The SMILES string of the molecule is CCOc1ccc(CN(CC)CC(=O)Nc2cc(Cl)cc(Cl)c2)cc1OC. The lowest BCUT2D eigenvalue weighted by atomic mass is 10.2. The molecule has 146 valence electrons. The maximum absolute atomic E-state index is 12.4. The lowest BCUT2D eigenvalue weighted by Crippen LogP contribution is -2.32. The zero-order valence-corrected chi connectivity index (χ0v) is 17.2. The highest BCUT2D eigenvalue weighted by atomic mass is 35.5. The number of carbonyl (C=O) groups is 1. The Kier molecular flexibility index (Phi) is 8.23. The Hall–Kier alpha value is -1.95. The van der Waals surface area contributed by atoms with Crippen LogP contribution in [0.2, 0.25) is 10.0 Å². The fourth-order valence-electron chi connectivity index (χ4n) is 2.65. The first-order chi connectivity index (χ1) is 12.9. The molecule has 0 aliphatic heterocycles. The number of nitrogens with one attached hydrogen (secondary N) is 1. The zero-order valence-electron chi connectivity index (χ0n) is 15.7. The highest BCUT2D eigenvalue weighted by Gasteiger charge is 2.13. The summed E-state index contributed by atoms with van der Waals surface area (Å²) in [4.78, 5) is 14.4. The molecule has 0 aliphatic rings. The molecular formula is C20H24Cl2N2O3. The highest BCUT2D eigenvalue weighted by molar-refractivity contribution is 6.35. The van der Waals surface area contributed by atoms with E-state index in [-0.39, 0.29) is 12.5 Å². The van der Waals surface area contributed by atoms with Gasteiger partial charge in [0.2, 0.25) is 5.91 Å². The van der Waals surface area contributed by atoms with Crippen LogP contribution in [-0.2, 0) is 11.3 Å². The smallest absolute Gasteiger partial charge is 0.238 e. The molecule has 2 aromatic rings. The average Bonchev–Trinajstić information content (AvgIpc) is 2.61. The van der Waals surface area contributed by atoms with E-state index in [0.717, 1.165) is 12.1 Å². The molecule has 0 aliphatic carbocycles. The lowest BCUT2D eigenvalue weighted by molar-refractivity contribution is -0.117. The van der Waals surface area contributed by atoms with Crippen molar-refractivity contribution in [2.24, 2.45) is 0 Å². The van der Waals surface area contributed by atoms with Gasteiger partial charge in [-0.15, -0.1) is 0 Å². The summed E-state index contributed by atoms with van der Waals surface area (Å²) >= 11 is 11.9. The molecule has 0 heterocycles. The minimum absolute atomic E-state index is 0.131. The summed E-state index contributed by atoms with van der Waals surface area (Å²) in [6.45, 7) is 6.09. The number of halogens is 2. The number of anilines is 1. The van der Waals surface area contributed by atoms with Crippen molar-refractivity contribution in [2.45, 2.75) is 20.4 Å². The van der Waals surface area contributed by atoms with Gasteiger partial charge in [0.15, 0.2) is 11.5 Å². The first-order valence-electron chi connectivity index (χ1n) is 8.73. The summed E-state index contributed by atoms with van der Waals surface area (Å²) in [5.41, 5.74) is 1.62. The summed E-state index contributed by atoms with van der Waals surface area (Å²) in [6, 6.07) is 10.8. The second kappa shape index (κ2) is 10.4. The number of hydrogen-bond acceptors (Lipinski definition) is 4. The normalized spacial score (nSPS) is 10.7. The Balaban J connectivity index is 2.01. The largest absolute Gasteiger partial charge is 0.493 e. The van der Waals surface area contributed by atoms with E-state index in [1.54, 1.807) is 25.3 Å². The third-order valence-corrected chi connectivity index (χ3v) is 4.33. The van der Waals surface area contributed by atoms with Gasteiger partial charge in [-0.3, -0.25) is 9.69 Å². The van der Waals surface area contributed by atoms with Gasteiger partial charge in [0.25, 0.3) is 0 Å². The Morgan fingerprint density at radius 3 is 2.37 bits per heavy atom. The second-order valence-electron chi connectivity index (χ2n) is 5.93. The Bertz CT molecular complexity index is 764. The van der Waals surface area contributed by atoms with Gasteiger partial charge in [-0.05, 0) is 49.4 Å². The van der Waals surface area contributed by atoms with Crippen LogP contribution in [0.5, 0.6) is 11.5 Å². The average molecular weight is 411 g/mol. The van der Waals surface area contributed by atoms with E-state index < -0.39 is 0 Å². The van der Waals surface area contributed by atoms with Gasteiger partial charge in [-0.2, -0.15) is 0 Å². The number of carbonyl (C=O) groups excluding carboxylic acids is 1. The molecule has 0 spiro atoms. The van der Waals surface area contributed by atoms with Crippen LogP contribution < -0.4 is 14.8 Å². The molecule has 1 N–H and O–H groups in total. The van der Waals surface area contributed by atoms with Crippen molar-refractivity contribution in [3.05, 3.63) is 52.0 Å². The van der Waals surface area contributed by atoms with E-state index in [2.05, 4.69) is 5.32 Å². The molecule has 1 amide bonds. The third-order valence-electron chi connectivity index (χ3n) is 3.89. The topological polar surface area (TPSA) is 50.8 Å². The molecule has 0 unspecified atom stereocenters. The maximum Gasteiger partial charge on any atom is 0.238 e. The first-order valence-corrected chi connectivity index (χ1v) is 9.48. The van der Waals surface area contributed by atoms with Crippen molar-refractivity contribution < 1.29 is 14.3 Å². The number of nitrogens with zero attached hydrogens (tertiary/aromatic N) is 1. The van der Waals surface area contributed by atoms with Gasteiger partial charge in [0.1, 0.15) is 0 Å². The van der Waals surface area contributed by atoms with E-state index >= 15 is 0 Å². The molecule has 5 nitrogen and oxygen atoms in total. The van der Waals surface area contributed by atoms with Gasteiger partial charge in [-0.25, -0.2) is 0 Å². The highest BCUT2D eigenvalue weighted by Crippen LogP contribution is 2.28. The van der Waals surface area contributed by atoms with Crippen molar-refractivity contribution in [2.75, 3.05) is 32.1 Å². The molecule has 7 heteroatoms. The summed E-state index contributed by atoms with van der Waals surface area (Å²) in [7, 11) is 1.61. The lowest BCUT2D eigenvalue weighted by Gasteiger charge is -2.21. The maximum atomic E-state index is 12.4. The molecule has 2 aromatic carbocycles. The zero-order chi connectivity index (χ0) is 19.8. The van der Waals surface area contributed by atoms with Gasteiger partial charge in [0, 0.05) is 22.3 Å². The number of hydrogen-bond donors (Lipinski definition) is 1. The van der Waals surface area contributed by atoms with Crippen molar-refractivity contribution in [1.29, 1.82) is 0 Å². The third kappa shape index (κ3) is 6.61. The van der Waals surface area contributed by atoms with Crippen LogP contribution in [-0.4, -0.2) is 37.6 Å². The van der Waals surface area contributed by atoms with E-state index in [0.29, 0.717) is 40.4 Å². The number of amides is 1. The minimum Gasteiger partial charge on any atom is -0.493 e. The monoisotopic (exact) mass is 410 g/mol. The van der Waals surface area contributed by atoms with Crippen LogP contribution in [0.1, 0.15) is 19.4 Å². The number of rotatable bonds is 9. The summed E-state index contributed by atoms with van der Waals surface area (Å²) in [5.74, 6) is 1.26. The standard InChI is InChI=1S/C20H24Cl2N2O3/c1-4-24(12-14-6-7-18(27-5-2)19(8-14)26-3)13-20(25)23-17-10-15(21)9-16(22)11-17/h6-11H,4-5,12-13H2,1-3H3,(H,23,25). The number of benzene rings is 2. The first kappa shape index (κ1) is 21.4. The number of likely N-dealkylation sites (N-methyl/N-ethyl adjacent to an activating group) is 1. The van der Waals surface area contributed by atoms with Crippen molar-refractivity contribution >= 4 is 34.8 Å². The summed E-state index contributed by atoms with van der Waals surface area (Å²) in [6.07, 6.45) is 0. The summed E-state index contributed by atoms with van der Waals surface area (Å²) < 4.78 is 10.9. The van der Waals surface area contributed by atoms with E-state index in [1.807, 2.05) is 36.9 Å². The molecule has 2 rings (SSSR count). The van der Waals surface area contributed by atoms with Crippen LogP contribution in [0.4, 0.5) is 5.69 Å². The fraction of sp³-hybridized carbons (Fsp3) is 0.350. The van der Waals surface area contributed by atoms with Crippen LogP contribution >= 0.6 is 23.2 Å². The van der Waals surface area contributed by atoms with Gasteiger partial charge >= 0.3 is 0 Å². The van der Waals surface area contributed by atoms with Crippen LogP contribution in [0, 0.1) is 0 Å². The van der Waals surface area contributed by atoms with Crippen molar-refractivity contribution in [3.8, 4) is 11.5 Å². The van der Waals surface area contributed by atoms with Crippen molar-refractivity contribution in [1.82, 2.24) is 4.90 Å². The van der Waals surface area contributed by atoms with Crippen molar-refractivity contribution in [3.63, 3.8) is 0 Å². The van der Waals surface area contributed by atoms with E-state index in [9.17, 15) is 4.79 Å². The minimum atomic E-state index is -0.131. The molecule has 0 bridgehead atoms. The molecule has 27 heavy (non-hydrogen) atoms. The molecule has 0 fully saturated rings. The van der Waals surface area contributed by atoms with Gasteiger partial charge in [0.05, 0.1) is 20.3 Å². The Labute approximate surface area is 170 Å². The molecule has 0 radical (unpaired) electrons. The number of ether oxygens (including phenoxy) is 2. The second-order valence-corrected chi connectivity index (χ2v) is 6.80. The van der Waals surface area contributed by atoms with E-state index in [4.69, 9.17) is 32.7 Å². The number of methoxy groups -OCH3 is 1. The molecule has 0 saturated heterocycles. The van der Waals surface area contributed by atoms with Gasteiger partial charge < -0.3 is 14.8 Å². The predicted molar refractivity (Wildman–Crippen MR) is 110 cm³/mol.